The van der Waals surface area contributed by atoms with Crippen LogP contribution in [0.15, 0.2) is 36.4 Å². The van der Waals surface area contributed by atoms with Crippen molar-refractivity contribution in [3.05, 3.63) is 62.1 Å². The Labute approximate surface area is 231 Å². The number of carbonyl (C=O) groups is 2. The minimum atomic E-state index is -4.14. The van der Waals surface area contributed by atoms with E-state index in [1.54, 1.807) is 12.1 Å². The SMILES string of the molecule is COc1ccc([N+](=O)[O-])cc1N(CC(=O)N(Cc1ccc(Cl)cc1Cl)[C@H](C)C(=O)NCC(C)C)S(C)(=O)=O. The molecule has 0 radical (unpaired) electrons. The normalized spacial score (nSPS) is 12.1. The van der Waals surface area contributed by atoms with E-state index in [9.17, 15) is 28.1 Å². The van der Waals surface area contributed by atoms with Crippen LogP contribution in [0.5, 0.6) is 5.75 Å². The summed E-state index contributed by atoms with van der Waals surface area (Å²) in [7, 11) is -2.87. The molecule has 2 aromatic carbocycles. The molecular weight excluding hydrogens is 559 g/mol. The molecule has 0 aliphatic carbocycles. The van der Waals surface area contributed by atoms with Crippen LogP contribution < -0.4 is 14.4 Å². The van der Waals surface area contributed by atoms with Crippen LogP contribution in [0.1, 0.15) is 26.3 Å². The number of nitrogens with one attached hydrogen (secondary N) is 1. The van der Waals surface area contributed by atoms with Gasteiger partial charge in [0, 0.05) is 35.3 Å². The topological polar surface area (TPSA) is 139 Å². The lowest BCUT2D eigenvalue weighted by atomic mass is 10.1. The highest BCUT2D eigenvalue weighted by Crippen LogP contribution is 2.34. The summed E-state index contributed by atoms with van der Waals surface area (Å²) in [6.07, 6.45) is 0.859. The number of nitrogens with zero attached hydrogens (tertiary/aromatic N) is 3. The molecule has 1 atom stereocenters. The molecule has 0 unspecified atom stereocenters. The third kappa shape index (κ3) is 8.20. The molecule has 0 aliphatic rings. The number of nitro groups is 1. The van der Waals surface area contributed by atoms with Gasteiger partial charge in [-0.1, -0.05) is 43.1 Å². The van der Waals surface area contributed by atoms with E-state index >= 15 is 0 Å². The molecule has 208 valence electrons. The monoisotopic (exact) mass is 588 g/mol. The number of carbonyl (C=O) groups excluding carboxylic acids is 2. The second-order valence-corrected chi connectivity index (χ2v) is 11.7. The molecular formula is C24H30Cl2N4O7S. The zero-order chi connectivity index (χ0) is 28.8. The average Bonchev–Trinajstić information content (AvgIpc) is 2.83. The fraction of sp³-hybridized carbons (Fsp3) is 0.417. The highest BCUT2D eigenvalue weighted by Gasteiger charge is 2.32. The first kappa shape index (κ1) is 31.1. The first-order valence-electron chi connectivity index (χ1n) is 11.5. The van der Waals surface area contributed by atoms with Crippen LogP contribution in [0.3, 0.4) is 0 Å². The second kappa shape index (κ2) is 13.1. The Bertz CT molecular complexity index is 1300. The molecule has 0 aromatic heterocycles. The maximum atomic E-state index is 13.7. The Balaban J connectivity index is 2.53. The average molecular weight is 589 g/mol. The van der Waals surface area contributed by atoms with Gasteiger partial charge in [-0.3, -0.25) is 24.0 Å². The lowest BCUT2D eigenvalue weighted by Crippen LogP contribution is -2.51. The molecule has 0 heterocycles. The summed E-state index contributed by atoms with van der Waals surface area (Å²) in [6.45, 7) is 4.82. The van der Waals surface area contributed by atoms with E-state index in [0.29, 0.717) is 21.4 Å². The lowest BCUT2D eigenvalue weighted by Gasteiger charge is -2.32. The van der Waals surface area contributed by atoms with Crippen LogP contribution in [0, 0.1) is 16.0 Å². The summed E-state index contributed by atoms with van der Waals surface area (Å²) in [5.74, 6) is -1.04. The fourth-order valence-electron chi connectivity index (χ4n) is 3.45. The van der Waals surface area contributed by atoms with E-state index in [0.717, 1.165) is 18.4 Å². The maximum absolute atomic E-state index is 13.7. The highest BCUT2D eigenvalue weighted by atomic mass is 35.5. The largest absolute Gasteiger partial charge is 0.495 e. The zero-order valence-electron chi connectivity index (χ0n) is 21.6. The van der Waals surface area contributed by atoms with Gasteiger partial charge in [0.25, 0.3) is 5.69 Å². The number of amides is 2. The third-order valence-electron chi connectivity index (χ3n) is 5.53. The van der Waals surface area contributed by atoms with Crippen molar-refractivity contribution >= 4 is 56.4 Å². The minimum absolute atomic E-state index is 0.00356. The number of nitro benzene ring substituents is 1. The van der Waals surface area contributed by atoms with Crippen molar-refractivity contribution in [1.29, 1.82) is 0 Å². The molecule has 0 saturated carbocycles. The van der Waals surface area contributed by atoms with Gasteiger partial charge >= 0.3 is 0 Å². The summed E-state index contributed by atoms with van der Waals surface area (Å²) in [6, 6.07) is 7.05. The van der Waals surface area contributed by atoms with E-state index in [2.05, 4.69) is 5.32 Å². The quantitative estimate of drug-likeness (QED) is 0.293. The molecule has 11 nitrogen and oxygen atoms in total. The molecule has 14 heteroatoms. The fourth-order valence-corrected chi connectivity index (χ4v) is 4.76. The van der Waals surface area contributed by atoms with Gasteiger partial charge in [-0.05, 0) is 36.6 Å². The minimum Gasteiger partial charge on any atom is -0.495 e. The molecule has 1 N–H and O–H groups in total. The molecule has 2 rings (SSSR count). The third-order valence-corrected chi connectivity index (χ3v) is 7.24. The van der Waals surface area contributed by atoms with Crippen molar-refractivity contribution in [3.63, 3.8) is 0 Å². The summed E-state index contributed by atoms with van der Waals surface area (Å²) in [4.78, 5) is 38.4. The number of non-ortho nitro benzene ring substituents is 1. The van der Waals surface area contributed by atoms with E-state index in [1.807, 2.05) is 13.8 Å². The van der Waals surface area contributed by atoms with Crippen molar-refractivity contribution < 1.29 is 27.7 Å². The van der Waals surface area contributed by atoms with E-state index in [4.69, 9.17) is 27.9 Å². The van der Waals surface area contributed by atoms with Crippen LogP contribution in [-0.4, -0.2) is 62.6 Å². The summed E-state index contributed by atoms with van der Waals surface area (Å²) >= 11 is 12.3. The van der Waals surface area contributed by atoms with Crippen LogP contribution in [0.4, 0.5) is 11.4 Å². The van der Waals surface area contributed by atoms with Gasteiger partial charge in [-0.2, -0.15) is 0 Å². The first-order valence-corrected chi connectivity index (χ1v) is 14.1. The van der Waals surface area contributed by atoms with Crippen LogP contribution in [-0.2, 0) is 26.2 Å². The summed E-state index contributed by atoms with van der Waals surface area (Å²) in [5, 5.41) is 14.7. The molecule has 0 fully saturated rings. The number of hydrogen-bond acceptors (Lipinski definition) is 7. The number of hydrogen-bond donors (Lipinski definition) is 1. The Morgan fingerprint density at radius 2 is 1.79 bits per heavy atom. The molecule has 0 aliphatic heterocycles. The predicted molar refractivity (Wildman–Crippen MR) is 146 cm³/mol. The van der Waals surface area contributed by atoms with E-state index in [-0.39, 0.29) is 28.9 Å². The molecule has 0 bridgehead atoms. The number of anilines is 1. The van der Waals surface area contributed by atoms with Gasteiger partial charge in [0.2, 0.25) is 21.8 Å². The van der Waals surface area contributed by atoms with E-state index in [1.165, 1.54) is 31.1 Å². The molecule has 2 amide bonds. The lowest BCUT2D eigenvalue weighted by molar-refractivity contribution is -0.384. The van der Waals surface area contributed by atoms with Crippen LogP contribution >= 0.6 is 23.2 Å². The van der Waals surface area contributed by atoms with Crippen molar-refractivity contribution in [3.8, 4) is 5.75 Å². The number of ether oxygens (including phenoxy) is 1. The Morgan fingerprint density at radius 3 is 2.32 bits per heavy atom. The number of sulfonamides is 1. The maximum Gasteiger partial charge on any atom is 0.271 e. The van der Waals surface area contributed by atoms with Crippen molar-refractivity contribution in [1.82, 2.24) is 10.2 Å². The molecule has 0 spiro atoms. The van der Waals surface area contributed by atoms with Crippen molar-refractivity contribution in [2.75, 3.05) is 30.8 Å². The molecule has 2 aromatic rings. The Morgan fingerprint density at radius 1 is 1.13 bits per heavy atom. The number of methoxy groups -OCH3 is 1. The van der Waals surface area contributed by atoms with Gasteiger partial charge < -0.3 is 15.0 Å². The van der Waals surface area contributed by atoms with Crippen LogP contribution in [0.2, 0.25) is 10.0 Å². The zero-order valence-corrected chi connectivity index (χ0v) is 23.9. The van der Waals surface area contributed by atoms with E-state index < -0.39 is 45.0 Å². The van der Waals surface area contributed by atoms with Crippen LogP contribution in [0.25, 0.3) is 0 Å². The van der Waals surface area contributed by atoms with Gasteiger partial charge in [0.1, 0.15) is 24.0 Å². The Hall–Kier alpha value is -3.09. The molecule has 0 saturated heterocycles. The van der Waals surface area contributed by atoms with Gasteiger partial charge in [-0.15, -0.1) is 0 Å². The van der Waals surface area contributed by atoms with Gasteiger partial charge in [0.15, 0.2) is 0 Å². The molecule has 38 heavy (non-hydrogen) atoms. The van der Waals surface area contributed by atoms with Crippen molar-refractivity contribution in [2.45, 2.75) is 33.4 Å². The second-order valence-electron chi connectivity index (χ2n) is 8.96. The summed E-state index contributed by atoms with van der Waals surface area (Å²) in [5.41, 5.74) is -0.112. The highest BCUT2D eigenvalue weighted by molar-refractivity contribution is 7.92. The number of halogens is 2. The van der Waals surface area contributed by atoms with Gasteiger partial charge in [0.05, 0.1) is 18.3 Å². The smallest absolute Gasteiger partial charge is 0.271 e. The summed E-state index contributed by atoms with van der Waals surface area (Å²) < 4.78 is 31.5. The Kier molecular flexibility index (Phi) is 10.7. The van der Waals surface area contributed by atoms with Crippen molar-refractivity contribution in [2.24, 2.45) is 5.92 Å². The predicted octanol–water partition coefficient (Wildman–Crippen LogP) is 3.87. The van der Waals surface area contributed by atoms with Gasteiger partial charge in [-0.25, -0.2) is 8.42 Å². The number of benzene rings is 2. The standard InChI is InChI=1S/C24H30Cl2N4O7S/c1-15(2)12-27-24(32)16(3)28(13-17-6-7-18(25)10-20(17)26)23(31)14-29(38(5,35)36)21-11-19(30(33)34)8-9-22(21)37-4/h6-11,15-16H,12-14H2,1-5H3,(H,27,32)/t16-/m1/s1. The first-order chi connectivity index (χ1) is 17.6. The number of rotatable bonds is 12.